The van der Waals surface area contributed by atoms with Crippen molar-refractivity contribution >= 4 is 0 Å². The molecule has 0 saturated carbocycles. The molecule has 2 heteroatoms. The van der Waals surface area contributed by atoms with E-state index in [1.54, 1.807) is 0 Å². The van der Waals surface area contributed by atoms with E-state index in [0.717, 1.165) is 18.4 Å². The summed E-state index contributed by atoms with van der Waals surface area (Å²) in [6, 6.07) is 6.85. The van der Waals surface area contributed by atoms with Crippen molar-refractivity contribution in [3.63, 3.8) is 0 Å². The Labute approximate surface area is 102 Å². The highest BCUT2D eigenvalue weighted by molar-refractivity contribution is 5.34. The highest BCUT2D eigenvalue weighted by Gasteiger charge is 2.45. The molecule has 0 radical (unpaired) electrons. The molecule has 2 unspecified atom stereocenters. The number of halogens is 1. The molecule has 1 nitrogen and oxygen atoms in total. The van der Waals surface area contributed by atoms with Crippen molar-refractivity contribution in [3.8, 4) is 0 Å². The number of rotatable bonds is 1. The van der Waals surface area contributed by atoms with Crippen molar-refractivity contribution in [2.75, 3.05) is 0 Å². The van der Waals surface area contributed by atoms with Crippen LogP contribution in [0.25, 0.3) is 0 Å². The molecule has 0 amide bonds. The van der Waals surface area contributed by atoms with Gasteiger partial charge in [0.25, 0.3) is 0 Å². The zero-order valence-corrected chi connectivity index (χ0v) is 10.6. The van der Waals surface area contributed by atoms with Gasteiger partial charge in [0.2, 0.25) is 0 Å². The molecule has 2 heterocycles. The van der Waals surface area contributed by atoms with Gasteiger partial charge >= 0.3 is 0 Å². The Hall–Kier alpha value is -0.890. The number of alkyl halides is 1. The number of piperidine rings is 1. The SMILES string of the molecule is Cc1ccc(C2(F)CC3CCC(C2)N3)cc1C. The van der Waals surface area contributed by atoms with Gasteiger partial charge in [-0.3, -0.25) is 0 Å². The van der Waals surface area contributed by atoms with E-state index >= 15 is 4.39 Å². The standard InChI is InChI=1S/C15H20FN/c1-10-3-4-12(7-11(10)2)15(16)8-13-5-6-14(9-15)17-13/h3-4,7,13-14,17H,5-6,8-9H2,1-2H3. The maximum Gasteiger partial charge on any atom is 0.139 e. The predicted octanol–water partition coefficient (Wildman–Crippen LogP) is 3.38. The number of benzene rings is 1. The van der Waals surface area contributed by atoms with Crippen LogP contribution in [0.2, 0.25) is 0 Å². The first kappa shape index (κ1) is 11.2. The van der Waals surface area contributed by atoms with E-state index in [1.165, 1.54) is 11.1 Å². The number of nitrogens with one attached hydrogen (secondary N) is 1. The fourth-order valence-electron chi connectivity index (χ4n) is 3.34. The number of hydrogen-bond donors (Lipinski definition) is 1. The van der Waals surface area contributed by atoms with Crippen molar-refractivity contribution in [2.24, 2.45) is 0 Å². The van der Waals surface area contributed by atoms with Crippen molar-refractivity contribution in [3.05, 3.63) is 34.9 Å². The summed E-state index contributed by atoms with van der Waals surface area (Å²) in [6.07, 6.45) is 3.57. The lowest BCUT2D eigenvalue weighted by atomic mass is 9.82. The normalized spacial score (nSPS) is 36.2. The minimum Gasteiger partial charge on any atom is -0.311 e. The molecule has 2 saturated heterocycles. The Morgan fingerprint density at radius 3 is 2.35 bits per heavy atom. The van der Waals surface area contributed by atoms with Gasteiger partial charge in [0.15, 0.2) is 0 Å². The van der Waals surface area contributed by atoms with Crippen LogP contribution in [0.15, 0.2) is 18.2 Å². The zero-order chi connectivity index (χ0) is 12.0. The molecule has 0 aromatic heterocycles. The number of fused-ring (bicyclic) bond motifs is 2. The van der Waals surface area contributed by atoms with E-state index < -0.39 is 5.67 Å². The van der Waals surface area contributed by atoms with E-state index in [1.807, 2.05) is 12.1 Å². The molecule has 2 aliphatic rings. The summed E-state index contributed by atoms with van der Waals surface area (Å²) in [5, 5.41) is 3.50. The van der Waals surface area contributed by atoms with Crippen LogP contribution in [0.4, 0.5) is 4.39 Å². The molecule has 2 fully saturated rings. The van der Waals surface area contributed by atoms with Gasteiger partial charge in [-0.25, -0.2) is 4.39 Å². The van der Waals surface area contributed by atoms with Crippen LogP contribution in [0, 0.1) is 13.8 Å². The van der Waals surface area contributed by atoms with Gasteiger partial charge in [-0.15, -0.1) is 0 Å². The summed E-state index contributed by atoms with van der Waals surface area (Å²) in [5.74, 6) is 0. The van der Waals surface area contributed by atoms with Crippen LogP contribution in [-0.2, 0) is 5.67 Å². The van der Waals surface area contributed by atoms with Gasteiger partial charge in [-0.2, -0.15) is 0 Å². The van der Waals surface area contributed by atoms with Gasteiger partial charge in [0.1, 0.15) is 5.67 Å². The Morgan fingerprint density at radius 2 is 1.76 bits per heavy atom. The van der Waals surface area contributed by atoms with Crippen LogP contribution < -0.4 is 5.32 Å². The molecule has 92 valence electrons. The molecule has 2 aliphatic heterocycles. The molecule has 3 rings (SSSR count). The summed E-state index contributed by atoms with van der Waals surface area (Å²) < 4.78 is 15.1. The first-order chi connectivity index (χ1) is 8.07. The summed E-state index contributed by atoms with van der Waals surface area (Å²) >= 11 is 0. The van der Waals surface area contributed by atoms with Crippen LogP contribution in [0.3, 0.4) is 0 Å². The Bertz CT molecular complexity index is 429. The number of aryl methyl sites for hydroxylation is 2. The second-order valence-electron chi connectivity index (χ2n) is 5.81. The minimum absolute atomic E-state index is 0.389. The molecule has 0 aliphatic carbocycles. The second-order valence-corrected chi connectivity index (χ2v) is 5.81. The Balaban J connectivity index is 1.94. The lowest BCUT2D eigenvalue weighted by Crippen LogP contribution is -2.44. The molecular weight excluding hydrogens is 213 g/mol. The lowest BCUT2D eigenvalue weighted by molar-refractivity contribution is 0.0873. The van der Waals surface area contributed by atoms with E-state index in [-0.39, 0.29) is 0 Å². The molecule has 17 heavy (non-hydrogen) atoms. The van der Waals surface area contributed by atoms with Gasteiger partial charge in [-0.05, 0) is 43.4 Å². The monoisotopic (exact) mass is 233 g/mol. The van der Waals surface area contributed by atoms with Crippen LogP contribution in [-0.4, -0.2) is 12.1 Å². The molecule has 0 spiro atoms. The lowest BCUT2D eigenvalue weighted by Gasteiger charge is -2.35. The van der Waals surface area contributed by atoms with E-state index in [2.05, 4.69) is 25.2 Å². The van der Waals surface area contributed by atoms with E-state index in [9.17, 15) is 0 Å². The summed E-state index contributed by atoms with van der Waals surface area (Å²) in [6.45, 7) is 4.15. The van der Waals surface area contributed by atoms with Crippen LogP contribution >= 0.6 is 0 Å². The smallest absolute Gasteiger partial charge is 0.139 e. The quantitative estimate of drug-likeness (QED) is 0.784. The van der Waals surface area contributed by atoms with Crippen molar-refractivity contribution < 1.29 is 4.39 Å². The average molecular weight is 233 g/mol. The topological polar surface area (TPSA) is 12.0 Å². The van der Waals surface area contributed by atoms with Gasteiger partial charge in [0, 0.05) is 24.9 Å². The van der Waals surface area contributed by atoms with Crippen molar-refractivity contribution in [2.45, 2.75) is 57.3 Å². The average Bonchev–Trinajstić information content (AvgIpc) is 2.62. The largest absolute Gasteiger partial charge is 0.311 e. The predicted molar refractivity (Wildman–Crippen MR) is 67.9 cm³/mol. The Morgan fingerprint density at radius 1 is 1.12 bits per heavy atom. The molecule has 2 bridgehead atoms. The van der Waals surface area contributed by atoms with Crippen LogP contribution in [0.5, 0.6) is 0 Å². The fourth-order valence-corrected chi connectivity index (χ4v) is 3.34. The third kappa shape index (κ3) is 1.89. The van der Waals surface area contributed by atoms with Crippen molar-refractivity contribution in [1.29, 1.82) is 0 Å². The maximum atomic E-state index is 15.1. The van der Waals surface area contributed by atoms with Crippen molar-refractivity contribution in [1.82, 2.24) is 5.32 Å². The van der Waals surface area contributed by atoms with E-state index in [0.29, 0.717) is 24.9 Å². The molecule has 2 atom stereocenters. The second kappa shape index (κ2) is 3.81. The zero-order valence-electron chi connectivity index (χ0n) is 10.6. The highest BCUT2D eigenvalue weighted by Crippen LogP contribution is 2.44. The van der Waals surface area contributed by atoms with E-state index in [4.69, 9.17) is 0 Å². The first-order valence-electron chi connectivity index (χ1n) is 6.59. The number of hydrogen-bond acceptors (Lipinski definition) is 1. The third-order valence-electron chi connectivity index (χ3n) is 4.50. The molecule has 1 N–H and O–H groups in total. The first-order valence-corrected chi connectivity index (χ1v) is 6.59. The third-order valence-corrected chi connectivity index (χ3v) is 4.50. The Kier molecular flexibility index (Phi) is 2.51. The summed E-state index contributed by atoms with van der Waals surface area (Å²) in [7, 11) is 0. The summed E-state index contributed by atoms with van der Waals surface area (Å²) in [4.78, 5) is 0. The van der Waals surface area contributed by atoms with Crippen LogP contribution in [0.1, 0.15) is 42.4 Å². The van der Waals surface area contributed by atoms with Gasteiger partial charge < -0.3 is 5.32 Å². The molecular formula is C15H20FN. The summed E-state index contributed by atoms with van der Waals surface area (Å²) in [5.41, 5.74) is 2.23. The minimum atomic E-state index is -1.10. The molecule has 1 aromatic carbocycles. The fraction of sp³-hybridized carbons (Fsp3) is 0.600. The van der Waals surface area contributed by atoms with Gasteiger partial charge in [-0.1, -0.05) is 18.2 Å². The molecule has 1 aromatic rings. The van der Waals surface area contributed by atoms with Gasteiger partial charge in [0.05, 0.1) is 0 Å². The highest BCUT2D eigenvalue weighted by atomic mass is 19.1. The maximum absolute atomic E-state index is 15.1.